The van der Waals surface area contributed by atoms with Crippen LogP contribution in [0.25, 0.3) is 22.6 Å². The highest BCUT2D eigenvalue weighted by atomic mass is 19.1. The van der Waals surface area contributed by atoms with Crippen LogP contribution < -0.4 is 4.90 Å². The molecule has 0 saturated carbocycles. The molecule has 1 amide bonds. The summed E-state index contributed by atoms with van der Waals surface area (Å²) < 4.78 is 22.4. The maximum absolute atomic E-state index is 14.9. The van der Waals surface area contributed by atoms with E-state index in [4.69, 9.17) is 4.42 Å². The van der Waals surface area contributed by atoms with Crippen LogP contribution in [0.3, 0.4) is 0 Å². The molecule has 4 aromatic rings. The predicted molar refractivity (Wildman–Crippen MR) is 127 cm³/mol. The van der Waals surface area contributed by atoms with Gasteiger partial charge in [0, 0.05) is 44.6 Å². The highest BCUT2D eigenvalue weighted by Crippen LogP contribution is 2.24. The topological polar surface area (TPSA) is 106 Å². The Labute approximate surface area is 201 Å². The van der Waals surface area contributed by atoms with Crippen LogP contribution in [0.5, 0.6) is 0 Å². The number of piperazine rings is 1. The normalized spacial score (nSPS) is 14.7. The van der Waals surface area contributed by atoms with E-state index in [0.717, 1.165) is 5.69 Å². The minimum Gasteiger partial charge on any atom is -0.422 e. The number of hydrogen-bond acceptors (Lipinski definition) is 8. The molecule has 11 heteroatoms. The maximum atomic E-state index is 14.9. The number of aromatic nitrogens is 6. The molecule has 35 heavy (non-hydrogen) atoms. The Morgan fingerprint density at radius 1 is 1.14 bits per heavy atom. The van der Waals surface area contributed by atoms with Crippen molar-refractivity contribution in [1.29, 1.82) is 0 Å². The Bertz CT molecular complexity index is 1380. The Hall–Kier alpha value is -3.89. The molecular formula is C24H27FN8O2. The van der Waals surface area contributed by atoms with Crippen LogP contribution in [0.4, 0.5) is 10.4 Å². The number of oxazole rings is 1. The lowest BCUT2D eigenvalue weighted by Crippen LogP contribution is -2.49. The fourth-order valence-electron chi connectivity index (χ4n) is 4.03. The summed E-state index contributed by atoms with van der Waals surface area (Å²) in [6.45, 7) is 10.8. The van der Waals surface area contributed by atoms with Gasteiger partial charge in [0.25, 0.3) is 11.9 Å². The molecule has 182 valence electrons. The summed E-state index contributed by atoms with van der Waals surface area (Å²) in [4.78, 5) is 29.7. The van der Waals surface area contributed by atoms with Crippen LogP contribution in [0.15, 0.2) is 35.0 Å². The van der Waals surface area contributed by atoms with Gasteiger partial charge in [-0.05, 0) is 30.5 Å². The number of carbonyl (C=O) groups excluding carboxylic acids is 1. The van der Waals surface area contributed by atoms with Crippen molar-refractivity contribution in [3.8, 4) is 11.4 Å². The van der Waals surface area contributed by atoms with Crippen LogP contribution in [0.1, 0.15) is 36.8 Å². The molecule has 4 aromatic heterocycles. The number of carbonyl (C=O) groups is 1. The van der Waals surface area contributed by atoms with E-state index in [2.05, 4.69) is 46.0 Å². The molecule has 1 saturated heterocycles. The van der Waals surface area contributed by atoms with Gasteiger partial charge in [0.2, 0.25) is 5.65 Å². The molecular weight excluding hydrogens is 451 g/mol. The minimum absolute atomic E-state index is 0.00758. The lowest BCUT2D eigenvalue weighted by molar-refractivity contribution is 0.0744. The number of nitrogens with zero attached hydrogens (tertiary/aromatic N) is 8. The van der Waals surface area contributed by atoms with Crippen LogP contribution in [-0.2, 0) is 6.54 Å². The molecule has 0 spiro atoms. The monoisotopic (exact) mass is 478 g/mol. The SMILES string of the molecule is Cc1ccc2oc(N3CCN(C(=O)c4cnc(-c5cn(CC(C)(C)C)nn5)c(F)c4)CC3)nc2n1. The number of hydrogen-bond donors (Lipinski definition) is 0. The molecule has 0 N–H and O–H groups in total. The quantitative estimate of drug-likeness (QED) is 0.440. The summed E-state index contributed by atoms with van der Waals surface area (Å²) in [5, 5.41) is 8.11. The summed E-state index contributed by atoms with van der Waals surface area (Å²) >= 11 is 0. The first-order valence-corrected chi connectivity index (χ1v) is 11.5. The minimum atomic E-state index is -0.605. The molecule has 0 aliphatic carbocycles. The fraction of sp³-hybridized carbons (Fsp3) is 0.417. The van der Waals surface area contributed by atoms with E-state index in [1.165, 1.54) is 12.3 Å². The zero-order valence-corrected chi connectivity index (χ0v) is 20.2. The standard InChI is InChI=1S/C24H27FN8O2/c1-15-5-6-19-21(27-15)28-23(35-19)32-9-7-31(8-10-32)22(34)16-11-17(25)20(26-12-16)18-13-33(30-29-18)14-24(2,3)4/h5-6,11-13H,7-10,14H2,1-4H3. The van der Waals surface area contributed by atoms with Gasteiger partial charge in [0.05, 0.1) is 11.8 Å². The summed E-state index contributed by atoms with van der Waals surface area (Å²) in [5.74, 6) is -0.875. The number of amides is 1. The van der Waals surface area contributed by atoms with E-state index in [1.807, 2.05) is 24.0 Å². The molecule has 1 fully saturated rings. The Morgan fingerprint density at radius 3 is 2.63 bits per heavy atom. The average Bonchev–Trinajstić information content (AvgIpc) is 3.44. The van der Waals surface area contributed by atoms with E-state index in [9.17, 15) is 9.18 Å². The van der Waals surface area contributed by atoms with Gasteiger partial charge in [-0.25, -0.2) is 9.37 Å². The van der Waals surface area contributed by atoms with E-state index in [0.29, 0.717) is 55.7 Å². The first-order valence-electron chi connectivity index (χ1n) is 11.5. The molecule has 0 aromatic carbocycles. The first-order chi connectivity index (χ1) is 16.7. The van der Waals surface area contributed by atoms with Gasteiger partial charge < -0.3 is 14.2 Å². The number of halogens is 1. The zero-order chi connectivity index (χ0) is 24.7. The third kappa shape index (κ3) is 4.84. The summed E-state index contributed by atoms with van der Waals surface area (Å²) in [7, 11) is 0. The second kappa shape index (κ2) is 8.71. The largest absolute Gasteiger partial charge is 0.422 e. The number of rotatable bonds is 4. The molecule has 5 heterocycles. The van der Waals surface area contributed by atoms with Gasteiger partial charge in [-0.1, -0.05) is 26.0 Å². The fourth-order valence-corrected chi connectivity index (χ4v) is 4.03. The van der Waals surface area contributed by atoms with Gasteiger partial charge in [0.1, 0.15) is 11.4 Å². The second-order valence-corrected chi connectivity index (χ2v) is 9.97. The summed E-state index contributed by atoms with van der Waals surface area (Å²) in [6, 6.07) is 5.43. The highest BCUT2D eigenvalue weighted by molar-refractivity contribution is 5.94. The molecule has 0 atom stereocenters. The third-order valence-electron chi connectivity index (χ3n) is 5.72. The number of pyridine rings is 2. The van der Waals surface area contributed by atoms with Crippen molar-refractivity contribution in [3.05, 3.63) is 47.7 Å². The van der Waals surface area contributed by atoms with Gasteiger partial charge in [0.15, 0.2) is 11.4 Å². The van der Waals surface area contributed by atoms with E-state index in [1.54, 1.807) is 15.8 Å². The maximum Gasteiger partial charge on any atom is 0.300 e. The first kappa shape index (κ1) is 22.9. The van der Waals surface area contributed by atoms with Crippen molar-refractivity contribution in [2.24, 2.45) is 5.41 Å². The van der Waals surface area contributed by atoms with Crippen molar-refractivity contribution >= 4 is 23.2 Å². The molecule has 0 unspecified atom stereocenters. The molecule has 1 aliphatic rings. The van der Waals surface area contributed by atoms with Crippen LogP contribution >= 0.6 is 0 Å². The van der Waals surface area contributed by atoms with E-state index in [-0.39, 0.29) is 22.6 Å². The number of aryl methyl sites for hydroxylation is 1. The molecule has 5 rings (SSSR count). The van der Waals surface area contributed by atoms with Crippen LogP contribution in [0, 0.1) is 18.2 Å². The van der Waals surface area contributed by atoms with Gasteiger partial charge in [-0.15, -0.1) is 5.10 Å². The highest BCUT2D eigenvalue weighted by Gasteiger charge is 2.26. The summed E-state index contributed by atoms with van der Waals surface area (Å²) in [6.07, 6.45) is 3.06. The van der Waals surface area contributed by atoms with Gasteiger partial charge >= 0.3 is 0 Å². The molecule has 0 bridgehead atoms. The van der Waals surface area contributed by atoms with Crippen LogP contribution in [0.2, 0.25) is 0 Å². The molecule has 1 aliphatic heterocycles. The van der Waals surface area contributed by atoms with E-state index < -0.39 is 5.82 Å². The Kier molecular flexibility index (Phi) is 5.70. The Morgan fingerprint density at radius 2 is 1.91 bits per heavy atom. The van der Waals surface area contributed by atoms with Crippen molar-refractivity contribution < 1.29 is 13.6 Å². The van der Waals surface area contributed by atoms with Gasteiger partial charge in [-0.2, -0.15) is 4.98 Å². The second-order valence-electron chi connectivity index (χ2n) is 9.97. The van der Waals surface area contributed by atoms with Crippen molar-refractivity contribution in [1.82, 2.24) is 34.8 Å². The lowest BCUT2D eigenvalue weighted by Gasteiger charge is -2.33. The number of fused-ring (bicyclic) bond motifs is 1. The summed E-state index contributed by atoms with van der Waals surface area (Å²) in [5.41, 5.74) is 2.68. The van der Waals surface area contributed by atoms with E-state index >= 15 is 0 Å². The lowest BCUT2D eigenvalue weighted by atomic mass is 9.97. The van der Waals surface area contributed by atoms with Crippen LogP contribution in [-0.4, -0.2) is 66.9 Å². The Balaban J connectivity index is 1.25. The molecule has 10 nitrogen and oxygen atoms in total. The average molecular weight is 479 g/mol. The predicted octanol–water partition coefficient (Wildman–Crippen LogP) is 3.33. The third-order valence-corrected chi connectivity index (χ3v) is 5.72. The van der Waals surface area contributed by atoms with Crippen molar-refractivity contribution in [2.75, 3.05) is 31.1 Å². The smallest absolute Gasteiger partial charge is 0.300 e. The molecule has 0 radical (unpaired) electrons. The number of anilines is 1. The van der Waals surface area contributed by atoms with Gasteiger partial charge in [-0.3, -0.25) is 14.5 Å². The van der Waals surface area contributed by atoms with Crippen molar-refractivity contribution in [2.45, 2.75) is 34.2 Å². The van der Waals surface area contributed by atoms with Crippen molar-refractivity contribution in [3.63, 3.8) is 0 Å². The zero-order valence-electron chi connectivity index (χ0n) is 20.2.